The molecule has 1 aromatic rings. The van der Waals surface area contributed by atoms with Crippen LogP contribution >= 0.6 is 0 Å². The molecule has 4 heteroatoms. The molecule has 0 heterocycles. The van der Waals surface area contributed by atoms with Crippen molar-refractivity contribution in [2.24, 2.45) is 0 Å². The van der Waals surface area contributed by atoms with Crippen LogP contribution in [0.2, 0.25) is 0 Å². The fraction of sp³-hybridized carbons (Fsp3) is 0.364. The molecule has 4 nitrogen and oxygen atoms in total. The summed E-state index contributed by atoms with van der Waals surface area (Å²) in [6.45, 7) is 0.903. The highest BCUT2D eigenvalue weighted by Crippen LogP contribution is 2.23. The number of methoxy groups -OCH3 is 2. The van der Waals surface area contributed by atoms with E-state index in [1.54, 1.807) is 32.4 Å². The molecular weight excluding hydrogens is 194 g/mol. The van der Waals surface area contributed by atoms with E-state index in [2.05, 4.69) is 6.07 Å². The van der Waals surface area contributed by atoms with Gasteiger partial charge in [-0.3, -0.25) is 0 Å². The van der Waals surface area contributed by atoms with Gasteiger partial charge in [0, 0.05) is 13.2 Å². The average molecular weight is 207 g/mol. The summed E-state index contributed by atoms with van der Waals surface area (Å²) in [7, 11) is 3.17. The molecule has 0 spiro atoms. The first-order valence-electron chi connectivity index (χ1n) is 4.51. The van der Waals surface area contributed by atoms with Gasteiger partial charge in [0.25, 0.3) is 0 Å². The number of benzene rings is 1. The summed E-state index contributed by atoms with van der Waals surface area (Å²) in [4.78, 5) is 0. The number of hydrogen-bond acceptors (Lipinski definition) is 4. The summed E-state index contributed by atoms with van der Waals surface area (Å²) >= 11 is 0. The predicted octanol–water partition coefficient (Wildman–Crippen LogP) is 1.59. The Morgan fingerprint density at radius 1 is 1.27 bits per heavy atom. The van der Waals surface area contributed by atoms with E-state index < -0.39 is 0 Å². The topological polar surface area (TPSA) is 51.5 Å². The van der Waals surface area contributed by atoms with Crippen molar-refractivity contribution in [3.63, 3.8) is 0 Å². The molecule has 0 atom stereocenters. The zero-order valence-electron chi connectivity index (χ0n) is 8.82. The molecule has 0 saturated carbocycles. The van der Waals surface area contributed by atoms with Gasteiger partial charge in [-0.15, -0.1) is 0 Å². The molecule has 0 unspecified atom stereocenters. The lowest BCUT2D eigenvalue weighted by molar-refractivity contribution is 0.146. The number of nitrogens with zero attached hydrogens (tertiary/aromatic N) is 1. The lowest BCUT2D eigenvalue weighted by Crippen LogP contribution is -2.05. The van der Waals surface area contributed by atoms with Crippen molar-refractivity contribution in [2.45, 2.75) is 0 Å². The number of ether oxygens (including phenoxy) is 3. The third-order valence-corrected chi connectivity index (χ3v) is 1.85. The SMILES string of the molecule is COCCOc1cc(OC)ccc1C#N. The summed E-state index contributed by atoms with van der Waals surface area (Å²) in [6.07, 6.45) is 0. The maximum atomic E-state index is 8.84. The largest absolute Gasteiger partial charge is 0.497 e. The first kappa shape index (κ1) is 11.3. The number of hydrogen-bond donors (Lipinski definition) is 0. The van der Waals surface area contributed by atoms with Crippen molar-refractivity contribution in [1.29, 1.82) is 5.26 Å². The zero-order chi connectivity index (χ0) is 11.1. The minimum atomic E-state index is 0.415. The van der Waals surface area contributed by atoms with E-state index in [1.807, 2.05) is 0 Å². The van der Waals surface area contributed by atoms with E-state index in [4.69, 9.17) is 19.5 Å². The Morgan fingerprint density at radius 2 is 2.07 bits per heavy atom. The normalized spacial score (nSPS) is 9.40. The maximum absolute atomic E-state index is 8.84. The van der Waals surface area contributed by atoms with Gasteiger partial charge >= 0.3 is 0 Å². The molecule has 0 saturated heterocycles. The second-order valence-electron chi connectivity index (χ2n) is 2.82. The van der Waals surface area contributed by atoms with Crippen LogP contribution < -0.4 is 9.47 Å². The van der Waals surface area contributed by atoms with E-state index in [0.717, 1.165) is 0 Å². The molecule has 0 bridgehead atoms. The van der Waals surface area contributed by atoms with E-state index >= 15 is 0 Å². The summed E-state index contributed by atoms with van der Waals surface area (Å²) in [6, 6.07) is 7.13. The molecule has 15 heavy (non-hydrogen) atoms. The van der Waals surface area contributed by atoms with Gasteiger partial charge in [-0.25, -0.2) is 0 Å². The third-order valence-electron chi connectivity index (χ3n) is 1.85. The molecule has 0 aliphatic heterocycles. The van der Waals surface area contributed by atoms with Gasteiger partial charge in [0.2, 0.25) is 0 Å². The molecule has 1 rings (SSSR count). The molecule has 0 radical (unpaired) electrons. The smallest absolute Gasteiger partial charge is 0.140 e. The van der Waals surface area contributed by atoms with Crippen LogP contribution in [-0.4, -0.2) is 27.4 Å². The molecule has 0 fully saturated rings. The monoisotopic (exact) mass is 207 g/mol. The third kappa shape index (κ3) is 3.15. The Bertz CT molecular complexity index is 357. The van der Waals surface area contributed by atoms with E-state index in [1.165, 1.54) is 0 Å². The Labute approximate surface area is 89.0 Å². The van der Waals surface area contributed by atoms with E-state index in [9.17, 15) is 0 Å². The van der Waals surface area contributed by atoms with Gasteiger partial charge in [0.05, 0.1) is 19.3 Å². The van der Waals surface area contributed by atoms with Crippen LogP contribution in [0.4, 0.5) is 0 Å². The van der Waals surface area contributed by atoms with Gasteiger partial charge < -0.3 is 14.2 Å². The summed E-state index contributed by atoms with van der Waals surface area (Å²) in [5.74, 6) is 1.19. The Hall–Kier alpha value is -1.73. The highest BCUT2D eigenvalue weighted by atomic mass is 16.5. The highest BCUT2D eigenvalue weighted by Gasteiger charge is 2.04. The minimum absolute atomic E-state index is 0.415. The zero-order valence-corrected chi connectivity index (χ0v) is 8.82. The van der Waals surface area contributed by atoms with E-state index in [-0.39, 0.29) is 0 Å². The molecule has 0 N–H and O–H groups in total. The van der Waals surface area contributed by atoms with Crippen molar-refractivity contribution in [1.82, 2.24) is 0 Å². The summed E-state index contributed by atoms with van der Waals surface area (Å²) in [5, 5.41) is 8.84. The van der Waals surface area contributed by atoms with Crippen molar-refractivity contribution in [2.75, 3.05) is 27.4 Å². The van der Waals surface area contributed by atoms with Gasteiger partial charge in [-0.2, -0.15) is 5.26 Å². The average Bonchev–Trinajstić information content (AvgIpc) is 2.29. The van der Waals surface area contributed by atoms with Gasteiger partial charge in [-0.1, -0.05) is 0 Å². The van der Waals surface area contributed by atoms with Crippen LogP contribution in [0.3, 0.4) is 0 Å². The minimum Gasteiger partial charge on any atom is -0.497 e. The molecule has 0 amide bonds. The van der Waals surface area contributed by atoms with Crippen LogP contribution in [-0.2, 0) is 4.74 Å². The number of nitriles is 1. The van der Waals surface area contributed by atoms with Crippen molar-refractivity contribution in [3.05, 3.63) is 23.8 Å². The van der Waals surface area contributed by atoms with Gasteiger partial charge in [-0.05, 0) is 12.1 Å². The van der Waals surface area contributed by atoms with Crippen molar-refractivity contribution < 1.29 is 14.2 Å². The summed E-state index contributed by atoms with van der Waals surface area (Å²) in [5.41, 5.74) is 0.493. The van der Waals surface area contributed by atoms with Crippen LogP contribution in [0.25, 0.3) is 0 Å². The first-order chi connectivity index (χ1) is 7.31. The van der Waals surface area contributed by atoms with Crippen molar-refractivity contribution in [3.8, 4) is 17.6 Å². The Kier molecular flexibility index (Phi) is 4.45. The molecular formula is C11H13NO3. The van der Waals surface area contributed by atoms with Crippen LogP contribution in [0.15, 0.2) is 18.2 Å². The van der Waals surface area contributed by atoms with Crippen molar-refractivity contribution >= 4 is 0 Å². The lowest BCUT2D eigenvalue weighted by Gasteiger charge is -2.08. The van der Waals surface area contributed by atoms with Crippen LogP contribution in [0.1, 0.15) is 5.56 Å². The van der Waals surface area contributed by atoms with E-state index in [0.29, 0.717) is 30.3 Å². The molecule has 1 aromatic carbocycles. The Morgan fingerprint density at radius 3 is 2.67 bits per heavy atom. The standard InChI is InChI=1S/C11H13NO3/c1-13-5-6-15-11-7-10(14-2)4-3-9(11)8-12/h3-4,7H,5-6H2,1-2H3. The molecule has 80 valence electrons. The van der Waals surface area contributed by atoms with Crippen LogP contribution in [0, 0.1) is 11.3 Å². The fourth-order valence-corrected chi connectivity index (χ4v) is 1.08. The maximum Gasteiger partial charge on any atom is 0.140 e. The number of rotatable bonds is 5. The Balaban J connectivity index is 2.78. The van der Waals surface area contributed by atoms with Gasteiger partial charge in [0.15, 0.2) is 0 Å². The fourth-order valence-electron chi connectivity index (χ4n) is 1.08. The second kappa shape index (κ2) is 5.89. The van der Waals surface area contributed by atoms with Gasteiger partial charge in [0.1, 0.15) is 24.2 Å². The van der Waals surface area contributed by atoms with Crippen LogP contribution in [0.5, 0.6) is 11.5 Å². The first-order valence-corrected chi connectivity index (χ1v) is 4.51. The quantitative estimate of drug-likeness (QED) is 0.688. The highest BCUT2D eigenvalue weighted by molar-refractivity contribution is 5.47. The molecule has 0 aromatic heterocycles. The predicted molar refractivity (Wildman–Crippen MR) is 55.1 cm³/mol. The molecule has 0 aliphatic carbocycles. The second-order valence-corrected chi connectivity index (χ2v) is 2.82. The summed E-state index contributed by atoms with van der Waals surface area (Å²) < 4.78 is 15.3. The lowest BCUT2D eigenvalue weighted by atomic mass is 10.2. The molecule has 0 aliphatic rings.